The van der Waals surface area contributed by atoms with Crippen LogP contribution in [0.2, 0.25) is 0 Å². The average Bonchev–Trinajstić information content (AvgIpc) is 2.29. The third-order valence-electron chi connectivity index (χ3n) is 3.02. The van der Waals surface area contributed by atoms with E-state index < -0.39 is 0 Å². The molecule has 0 aromatic rings. The molecule has 0 saturated carbocycles. The average molecular weight is 199 g/mol. The number of ether oxygens (including phenoxy) is 1. The molecule has 2 aliphatic rings. The summed E-state index contributed by atoms with van der Waals surface area (Å²) in [5.74, 6) is 0. The maximum Gasteiger partial charge on any atom is 0.0594 e. The van der Waals surface area contributed by atoms with Gasteiger partial charge in [0.2, 0.25) is 0 Å². The second-order valence-electron chi connectivity index (χ2n) is 4.10. The van der Waals surface area contributed by atoms with Gasteiger partial charge in [-0.1, -0.05) is 0 Å². The summed E-state index contributed by atoms with van der Waals surface area (Å²) in [7, 11) is 0. The molecule has 82 valence electrons. The molecule has 0 aliphatic carbocycles. The number of rotatable bonds is 3. The van der Waals surface area contributed by atoms with E-state index in [0.29, 0.717) is 6.04 Å². The van der Waals surface area contributed by atoms with E-state index in [-0.39, 0.29) is 0 Å². The van der Waals surface area contributed by atoms with Crippen LogP contribution in [0.25, 0.3) is 0 Å². The number of piperazine rings is 1. The van der Waals surface area contributed by atoms with Gasteiger partial charge in [-0.15, -0.1) is 0 Å². The van der Waals surface area contributed by atoms with E-state index in [2.05, 4.69) is 15.5 Å². The third kappa shape index (κ3) is 3.20. The van der Waals surface area contributed by atoms with Crippen molar-refractivity contribution in [3.63, 3.8) is 0 Å². The summed E-state index contributed by atoms with van der Waals surface area (Å²) >= 11 is 0. The van der Waals surface area contributed by atoms with Crippen molar-refractivity contribution >= 4 is 0 Å². The molecule has 0 aromatic carbocycles. The van der Waals surface area contributed by atoms with Crippen molar-refractivity contribution < 1.29 is 4.74 Å². The highest BCUT2D eigenvalue weighted by atomic mass is 16.5. The van der Waals surface area contributed by atoms with Crippen LogP contribution in [-0.2, 0) is 4.74 Å². The number of morpholine rings is 1. The van der Waals surface area contributed by atoms with Gasteiger partial charge in [0.1, 0.15) is 0 Å². The zero-order chi connectivity index (χ0) is 9.64. The molecule has 14 heavy (non-hydrogen) atoms. The van der Waals surface area contributed by atoms with Crippen molar-refractivity contribution in [1.82, 2.24) is 15.5 Å². The maximum absolute atomic E-state index is 5.32. The van der Waals surface area contributed by atoms with Gasteiger partial charge in [0, 0.05) is 38.8 Å². The first-order valence-electron chi connectivity index (χ1n) is 5.69. The molecule has 0 bridgehead atoms. The number of nitrogens with zero attached hydrogens (tertiary/aromatic N) is 1. The van der Waals surface area contributed by atoms with E-state index >= 15 is 0 Å². The Morgan fingerprint density at radius 2 is 2.07 bits per heavy atom. The first-order valence-corrected chi connectivity index (χ1v) is 5.69. The Labute approximate surface area is 86.0 Å². The quantitative estimate of drug-likeness (QED) is 0.628. The number of hydrogen-bond donors (Lipinski definition) is 2. The van der Waals surface area contributed by atoms with Gasteiger partial charge in [-0.2, -0.15) is 0 Å². The van der Waals surface area contributed by atoms with Gasteiger partial charge in [0.05, 0.1) is 13.2 Å². The molecule has 4 nitrogen and oxygen atoms in total. The van der Waals surface area contributed by atoms with Gasteiger partial charge in [-0.3, -0.25) is 4.90 Å². The topological polar surface area (TPSA) is 36.5 Å². The van der Waals surface area contributed by atoms with Crippen molar-refractivity contribution in [2.75, 3.05) is 52.5 Å². The summed E-state index contributed by atoms with van der Waals surface area (Å²) in [6.07, 6.45) is 1.26. The summed E-state index contributed by atoms with van der Waals surface area (Å²) in [6, 6.07) is 0.673. The van der Waals surface area contributed by atoms with Gasteiger partial charge in [0.25, 0.3) is 0 Å². The van der Waals surface area contributed by atoms with Crippen molar-refractivity contribution in [1.29, 1.82) is 0 Å². The lowest BCUT2D eigenvalue weighted by Gasteiger charge is -2.30. The normalized spacial score (nSPS) is 30.4. The molecule has 0 aromatic heterocycles. The van der Waals surface area contributed by atoms with E-state index in [1.165, 1.54) is 13.0 Å². The molecule has 1 atom stereocenters. The van der Waals surface area contributed by atoms with Crippen LogP contribution in [0.5, 0.6) is 0 Å². The zero-order valence-corrected chi connectivity index (χ0v) is 8.80. The van der Waals surface area contributed by atoms with E-state index in [1.807, 2.05) is 0 Å². The molecule has 2 saturated heterocycles. The predicted octanol–water partition coefficient (Wildman–Crippen LogP) is -0.730. The highest BCUT2D eigenvalue weighted by Gasteiger charge is 2.15. The number of nitrogens with one attached hydrogen (secondary N) is 2. The van der Waals surface area contributed by atoms with Gasteiger partial charge in [-0.05, 0) is 13.0 Å². The third-order valence-corrected chi connectivity index (χ3v) is 3.02. The minimum absolute atomic E-state index is 0.673. The fraction of sp³-hybridized carbons (Fsp3) is 1.00. The van der Waals surface area contributed by atoms with E-state index in [1.54, 1.807) is 0 Å². The molecule has 2 rings (SSSR count). The summed E-state index contributed by atoms with van der Waals surface area (Å²) in [6.45, 7) is 8.63. The molecule has 0 radical (unpaired) electrons. The van der Waals surface area contributed by atoms with E-state index in [0.717, 1.165) is 45.9 Å². The standard InChI is InChI=1S/C10H21N3O/c1(10-9-11-2-3-12-10)4-13-5-7-14-8-6-13/h10-12H,1-9H2. The molecule has 2 aliphatic heterocycles. The summed E-state index contributed by atoms with van der Waals surface area (Å²) < 4.78 is 5.32. The molecular weight excluding hydrogens is 178 g/mol. The van der Waals surface area contributed by atoms with Crippen LogP contribution in [-0.4, -0.2) is 63.4 Å². The molecule has 2 heterocycles. The molecule has 2 N–H and O–H groups in total. The minimum Gasteiger partial charge on any atom is -0.379 e. The maximum atomic E-state index is 5.32. The van der Waals surface area contributed by atoms with Gasteiger partial charge in [0.15, 0.2) is 0 Å². The Kier molecular flexibility index (Phi) is 4.19. The SMILES string of the molecule is C1CNC(CCN2CCOCC2)CN1. The Hall–Kier alpha value is -0.160. The number of hydrogen-bond acceptors (Lipinski definition) is 4. The largest absolute Gasteiger partial charge is 0.379 e. The van der Waals surface area contributed by atoms with Crippen LogP contribution in [0.3, 0.4) is 0 Å². The lowest BCUT2D eigenvalue weighted by Crippen LogP contribution is -2.50. The molecular formula is C10H21N3O. The fourth-order valence-corrected chi connectivity index (χ4v) is 2.08. The smallest absolute Gasteiger partial charge is 0.0594 e. The van der Waals surface area contributed by atoms with Crippen LogP contribution in [0.4, 0.5) is 0 Å². The first-order chi connectivity index (χ1) is 6.95. The van der Waals surface area contributed by atoms with E-state index in [4.69, 9.17) is 4.74 Å². The van der Waals surface area contributed by atoms with Crippen molar-refractivity contribution in [3.8, 4) is 0 Å². The van der Waals surface area contributed by atoms with Crippen molar-refractivity contribution in [2.45, 2.75) is 12.5 Å². The van der Waals surface area contributed by atoms with E-state index in [9.17, 15) is 0 Å². The summed E-state index contributed by atoms with van der Waals surface area (Å²) in [4.78, 5) is 2.50. The predicted molar refractivity (Wildman–Crippen MR) is 56.5 cm³/mol. The Morgan fingerprint density at radius 3 is 2.79 bits per heavy atom. The van der Waals surface area contributed by atoms with Gasteiger partial charge >= 0.3 is 0 Å². The monoisotopic (exact) mass is 199 g/mol. The minimum atomic E-state index is 0.673. The van der Waals surface area contributed by atoms with Gasteiger partial charge < -0.3 is 15.4 Å². The molecule has 2 fully saturated rings. The molecule has 0 spiro atoms. The van der Waals surface area contributed by atoms with Crippen molar-refractivity contribution in [3.05, 3.63) is 0 Å². The van der Waals surface area contributed by atoms with Crippen LogP contribution in [0, 0.1) is 0 Å². The van der Waals surface area contributed by atoms with Crippen LogP contribution in [0.1, 0.15) is 6.42 Å². The highest BCUT2D eigenvalue weighted by Crippen LogP contribution is 2.01. The summed E-state index contributed by atoms with van der Waals surface area (Å²) in [5, 5.41) is 6.96. The lowest BCUT2D eigenvalue weighted by molar-refractivity contribution is 0.0360. The lowest BCUT2D eigenvalue weighted by atomic mass is 10.1. The summed E-state index contributed by atoms with van der Waals surface area (Å²) in [5.41, 5.74) is 0. The molecule has 1 unspecified atom stereocenters. The fourth-order valence-electron chi connectivity index (χ4n) is 2.08. The van der Waals surface area contributed by atoms with Gasteiger partial charge in [-0.25, -0.2) is 0 Å². The zero-order valence-electron chi connectivity index (χ0n) is 8.80. The van der Waals surface area contributed by atoms with Crippen LogP contribution >= 0.6 is 0 Å². The second kappa shape index (κ2) is 5.66. The second-order valence-corrected chi connectivity index (χ2v) is 4.10. The Balaban J connectivity index is 1.60. The Bertz CT molecular complexity index is 135. The van der Waals surface area contributed by atoms with Crippen LogP contribution < -0.4 is 10.6 Å². The van der Waals surface area contributed by atoms with Crippen LogP contribution in [0.15, 0.2) is 0 Å². The first kappa shape index (κ1) is 10.4. The molecule has 0 amide bonds. The molecule has 4 heteroatoms. The highest BCUT2D eigenvalue weighted by molar-refractivity contribution is 4.77. The van der Waals surface area contributed by atoms with Crippen molar-refractivity contribution in [2.24, 2.45) is 0 Å². The Morgan fingerprint density at radius 1 is 1.21 bits per heavy atom.